The zero-order chi connectivity index (χ0) is 20.8. The van der Waals surface area contributed by atoms with E-state index in [9.17, 15) is 0 Å². The number of aryl methyl sites for hydroxylation is 1. The van der Waals surface area contributed by atoms with Gasteiger partial charge in [-0.3, -0.25) is 0 Å². The summed E-state index contributed by atoms with van der Waals surface area (Å²) in [4.78, 5) is 5.20. The fourth-order valence-corrected chi connectivity index (χ4v) is 3.22. The number of unbranched alkanes of at least 4 members (excludes halogenated alkanes) is 3. The van der Waals surface area contributed by atoms with Gasteiger partial charge in [0.05, 0.1) is 16.8 Å². The van der Waals surface area contributed by atoms with Crippen molar-refractivity contribution in [3.8, 4) is 11.5 Å². The largest absolute Gasteiger partial charge is 0.492 e. The van der Waals surface area contributed by atoms with Gasteiger partial charge in [-0.05, 0) is 85.7 Å². The molecule has 158 valence electrons. The maximum Gasteiger partial charge on any atom is 0.136 e. The Morgan fingerprint density at radius 3 is 2.43 bits per heavy atom. The van der Waals surface area contributed by atoms with Crippen molar-refractivity contribution in [3.63, 3.8) is 0 Å². The molecule has 0 aliphatic heterocycles. The van der Waals surface area contributed by atoms with E-state index in [-0.39, 0.29) is 4.49 Å². The molecular weight excluding hydrogens is 465 g/mol. The molecule has 1 aromatic carbocycles. The second-order valence-electron chi connectivity index (χ2n) is 6.58. The predicted molar refractivity (Wildman–Crippen MR) is 122 cm³/mol. The summed E-state index contributed by atoms with van der Waals surface area (Å²) >= 11 is 14.8. The summed E-state index contributed by atoms with van der Waals surface area (Å²) in [5, 5.41) is 3.93. The first-order chi connectivity index (χ1) is 13.4. The van der Waals surface area contributed by atoms with E-state index in [0.29, 0.717) is 19.8 Å². The van der Waals surface area contributed by atoms with Crippen molar-refractivity contribution < 1.29 is 14.3 Å². The number of benzene rings is 1. The average Bonchev–Trinajstić information content (AvgIpc) is 2.61. The summed E-state index contributed by atoms with van der Waals surface area (Å²) in [6.07, 6.45) is 7.78. The monoisotopic (exact) mass is 493 g/mol. The van der Waals surface area contributed by atoms with Crippen LogP contribution in [0.5, 0.6) is 11.5 Å². The van der Waals surface area contributed by atoms with Crippen LogP contribution in [0.4, 0.5) is 0 Å². The van der Waals surface area contributed by atoms with Crippen LogP contribution in [0.25, 0.3) is 0 Å². The SMILES string of the molecule is CCCc1cc(OCC=C(Cl)Cl)cc(Br)c1OCCCCCCON=C(C)C. The molecule has 0 amide bonds. The number of ether oxygens (including phenoxy) is 2. The first-order valence-electron chi connectivity index (χ1n) is 9.66. The van der Waals surface area contributed by atoms with Crippen molar-refractivity contribution in [2.45, 2.75) is 59.3 Å². The van der Waals surface area contributed by atoms with Gasteiger partial charge in [0.1, 0.15) is 29.2 Å². The normalized spacial score (nSPS) is 10.4. The third kappa shape index (κ3) is 11.2. The molecule has 0 N–H and O–H groups in total. The van der Waals surface area contributed by atoms with E-state index in [1.165, 1.54) is 0 Å². The Bertz CT molecular complexity index is 643. The molecule has 4 nitrogen and oxygen atoms in total. The quantitative estimate of drug-likeness (QED) is 0.153. The highest BCUT2D eigenvalue weighted by molar-refractivity contribution is 9.10. The molecule has 0 aliphatic rings. The number of rotatable bonds is 14. The fraction of sp³-hybridized carbons (Fsp3) is 0.571. The Balaban J connectivity index is 2.46. The molecule has 0 heterocycles. The molecule has 28 heavy (non-hydrogen) atoms. The van der Waals surface area contributed by atoms with Crippen LogP contribution >= 0.6 is 39.1 Å². The van der Waals surface area contributed by atoms with Crippen LogP contribution in [0, 0.1) is 0 Å². The topological polar surface area (TPSA) is 40.0 Å². The zero-order valence-electron chi connectivity index (χ0n) is 16.9. The minimum absolute atomic E-state index is 0.201. The van der Waals surface area contributed by atoms with E-state index < -0.39 is 0 Å². The summed E-state index contributed by atoms with van der Waals surface area (Å²) in [6.45, 7) is 7.68. The standard InChI is InChI=1S/C21H30BrCl2NO3/c1-4-9-17-14-18(26-13-10-20(23)24)15-19(22)21(17)27-11-7-5-6-8-12-28-25-16(2)3/h10,14-15H,4-9,11-13H2,1-3H3. The Hall–Kier alpha value is -0.910. The molecule has 0 aliphatic carbocycles. The van der Waals surface area contributed by atoms with Crippen molar-refractivity contribution in [1.82, 2.24) is 0 Å². The van der Waals surface area contributed by atoms with E-state index in [4.69, 9.17) is 37.5 Å². The van der Waals surface area contributed by atoms with Crippen LogP contribution < -0.4 is 9.47 Å². The molecule has 0 fully saturated rings. The minimum atomic E-state index is 0.201. The molecule has 0 bridgehead atoms. The van der Waals surface area contributed by atoms with Crippen LogP contribution in [0.3, 0.4) is 0 Å². The van der Waals surface area contributed by atoms with Crippen molar-refractivity contribution in [3.05, 3.63) is 32.7 Å². The molecule has 7 heteroatoms. The molecule has 0 saturated heterocycles. The molecule has 0 atom stereocenters. The van der Waals surface area contributed by atoms with Gasteiger partial charge in [-0.1, -0.05) is 41.7 Å². The lowest BCUT2D eigenvalue weighted by Crippen LogP contribution is -2.03. The van der Waals surface area contributed by atoms with Gasteiger partial charge in [-0.15, -0.1) is 0 Å². The lowest BCUT2D eigenvalue weighted by atomic mass is 10.1. The van der Waals surface area contributed by atoms with Gasteiger partial charge in [0.2, 0.25) is 0 Å². The van der Waals surface area contributed by atoms with E-state index in [1.807, 2.05) is 26.0 Å². The van der Waals surface area contributed by atoms with Crippen molar-refractivity contribution in [2.75, 3.05) is 19.8 Å². The average molecular weight is 495 g/mol. The predicted octanol–water partition coefficient (Wildman–Crippen LogP) is 7.45. The summed E-state index contributed by atoms with van der Waals surface area (Å²) < 4.78 is 12.9. The number of hydrogen-bond acceptors (Lipinski definition) is 4. The van der Waals surface area contributed by atoms with Crippen molar-refractivity contribution in [2.24, 2.45) is 5.16 Å². The molecule has 1 rings (SSSR count). The van der Waals surface area contributed by atoms with Crippen molar-refractivity contribution in [1.29, 1.82) is 0 Å². The fourth-order valence-electron chi connectivity index (χ4n) is 2.49. The maximum absolute atomic E-state index is 6.07. The second-order valence-corrected chi connectivity index (χ2v) is 8.44. The van der Waals surface area contributed by atoms with E-state index >= 15 is 0 Å². The Kier molecular flexibility index (Phi) is 13.5. The molecule has 0 unspecified atom stereocenters. The van der Waals surface area contributed by atoms with Crippen LogP contribution in [0.2, 0.25) is 0 Å². The molecular formula is C21H30BrCl2NO3. The van der Waals surface area contributed by atoms with Gasteiger partial charge in [-0.25, -0.2) is 0 Å². The smallest absolute Gasteiger partial charge is 0.136 e. The summed E-state index contributed by atoms with van der Waals surface area (Å²) in [5.74, 6) is 1.66. The van der Waals surface area contributed by atoms with Crippen LogP contribution in [0.1, 0.15) is 58.4 Å². The molecule has 0 radical (unpaired) electrons. The highest BCUT2D eigenvalue weighted by Gasteiger charge is 2.11. The summed E-state index contributed by atoms with van der Waals surface area (Å²) in [6, 6.07) is 3.94. The van der Waals surface area contributed by atoms with Gasteiger partial charge in [0, 0.05) is 0 Å². The van der Waals surface area contributed by atoms with Crippen LogP contribution in [-0.4, -0.2) is 25.5 Å². The lowest BCUT2D eigenvalue weighted by Gasteiger charge is -2.15. The maximum atomic E-state index is 6.07. The van der Waals surface area contributed by atoms with Gasteiger partial charge in [-0.2, -0.15) is 0 Å². The summed E-state index contributed by atoms with van der Waals surface area (Å²) in [5.41, 5.74) is 2.08. The number of halogens is 3. The van der Waals surface area contributed by atoms with Crippen LogP contribution in [-0.2, 0) is 11.3 Å². The van der Waals surface area contributed by atoms with Gasteiger partial charge in [0.25, 0.3) is 0 Å². The first kappa shape index (κ1) is 25.1. The minimum Gasteiger partial charge on any atom is -0.492 e. The summed E-state index contributed by atoms with van der Waals surface area (Å²) in [7, 11) is 0. The van der Waals surface area contributed by atoms with E-state index in [2.05, 4.69) is 28.0 Å². The number of nitrogens with zero attached hydrogens (tertiary/aromatic N) is 1. The van der Waals surface area contributed by atoms with Gasteiger partial charge >= 0.3 is 0 Å². The molecule has 0 aromatic heterocycles. The zero-order valence-corrected chi connectivity index (χ0v) is 20.0. The third-order valence-corrected chi connectivity index (χ3v) is 4.62. The van der Waals surface area contributed by atoms with Crippen LogP contribution in [0.15, 0.2) is 32.3 Å². The highest BCUT2D eigenvalue weighted by Crippen LogP contribution is 2.35. The molecule has 0 saturated carbocycles. The van der Waals surface area contributed by atoms with E-state index in [0.717, 1.165) is 65.8 Å². The van der Waals surface area contributed by atoms with E-state index in [1.54, 1.807) is 6.08 Å². The van der Waals surface area contributed by atoms with Gasteiger partial charge in [0.15, 0.2) is 0 Å². The Morgan fingerprint density at radius 2 is 1.79 bits per heavy atom. The highest BCUT2D eigenvalue weighted by atomic mass is 79.9. The Morgan fingerprint density at radius 1 is 1.07 bits per heavy atom. The molecule has 0 spiro atoms. The lowest BCUT2D eigenvalue weighted by molar-refractivity contribution is 0.139. The number of hydrogen-bond donors (Lipinski definition) is 0. The second kappa shape index (κ2) is 15.0. The number of oxime groups is 1. The third-order valence-electron chi connectivity index (χ3n) is 3.72. The first-order valence-corrected chi connectivity index (χ1v) is 11.2. The molecule has 1 aromatic rings. The Labute approximate surface area is 187 Å². The van der Waals surface area contributed by atoms with Crippen molar-refractivity contribution >= 4 is 44.8 Å². The van der Waals surface area contributed by atoms with Gasteiger partial charge < -0.3 is 14.3 Å².